The first-order chi connectivity index (χ1) is 6.02. The lowest BCUT2D eigenvalue weighted by atomic mass is 10.5. The number of aliphatic hydroxyl groups excluding tert-OH is 1. The molecule has 0 fully saturated rings. The normalized spacial score (nSPS) is 14.0. The highest BCUT2D eigenvalue weighted by Crippen LogP contribution is 2.05. The third-order valence-electron chi connectivity index (χ3n) is 1.27. The van der Waals surface area contributed by atoms with Gasteiger partial charge in [-0.25, -0.2) is 8.42 Å². The Morgan fingerprint density at radius 1 is 1.62 bits per heavy atom. The standard InChI is InChI=1S/C7H10N2O3S/c1-6(10)9-13(11,12)7-3-2-4-8-5-7/h2-6,9-10H,1H3. The van der Waals surface area contributed by atoms with E-state index in [0.717, 1.165) is 0 Å². The highest BCUT2D eigenvalue weighted by Gasteiger charge is 2.15. The lowest BCUT2D eigenvalue weighted by molar-refractivity contribution is 0.184. The molecule has 0 saturated heterocycles. The summed E-state index contributed by atoms with van der Waals surface area (Å²) in [5.74, 6) is 0. The van der Waals surface area contributed by atoms with Crippen molar-refractivity contribution in [2.24, 2.45) is 0 Å². The topological polar surface area (TPSA) is 79.3 Å². The van der Waals surface area contributed by atoms with E-state index in [0.29, 0.717) is 0 Å². The van der Waals surface area contributed by atoms with Crippen molar-refractivity contribution < 1.29 is 13.5 Å². The summed E-state index contributed by atoms with van der Waals surface area (Å²) in [5.41, 5.74) is 0. The minimum Gasteiger partial charge on any atom is -0.378 e. The van der Waals surface area contributed by atoms with Crippen LogP contribution in [0.2, 0.25) is 0 Å². The van der Waals surface area contributed by atoms with Crippen molar-refractivity contribution in [2.75, 3.05) is 0 Å². The van der Waals surface area contributed by atoms with Crippen LogP contribution >= 0.6 is 0 Å². The highest BCUT2D eigenvalue weighted by atomic mass is 32.2. The summed E-state index contributed by atoms with van der Waals surface area (Å²) in [7, 11) is -3.62. The van der Waals surface area contributed by atoms with E-state index in [1.54, 1.807) is 0 Å². The maximum atomic E-state index is 11.3. The van der Waals surface area contributed by atoms with Crippen LogP contribution in [0.25, 0.3) is 0 Å². The number of nitrogens with zero attached hydrogens (tertiary/aromatic N) is 1. The number of sulfonamides is 1. The number of aromatic nitrogens is 1. The van der Waals surface area contributed by atoms with E-state index in [1.807, 2.05) is 4.72 Å². The van der Waals surface area contributed by atoms with Gasteiger partial charge in [-0.05, 0) is 19.1 Å². The fourth-order valence-corrected chi connectivity index (χ4v) is 1.84. The van der Waals surface area contributed by atoms with Crippen molar-refractivity contribution in [2.45, 2.75) is 18.0 Å². The second kappa shape index (κ2) is 3.82. The molecule has 2 N–H and O–H groups in total. The van der Waals surface area contributed by atoms with E-state index >= 15 is 0 Å². The van der Waals surface area contributed by atoms with Crippen LogP contribution in [0.3, 0.4) is 0 Å². The molecular weight excluding hydrogens is 192 g/mol. The summed E-state index contributed by atoms with van der Waals surface area (Å²) in [5, 5.41) is 8.84. The summed E-state index contributed by atoms with van der Waals surface area (Å²) in [6.45, 7) is 1.33. The van der Waals surface area contributed by atoms with Crippen LogP contribution in [-0.4, -0.2) is 24.7 Å². The van der Waals surface area contributed by atoms with Crippen molar-refractivity contribution in [1.29, 1.82) is 0 Å². The van der Waals surface area contributed by atoms with Gasteiger partial charge in [0.25, 0.3) is 0 Å². The Kier molecular flexibility index (Phi) is 2.97. The molecule has 0 saturated carbocycles. The Morgan fingerprint density at radius 2 is 2.31 bits per heavy atom. The molecule has 1 heterocycles. The van der Waals surface area contributed by atoms with Gasteiger partial charge in [-0.1, -0.05) is 0 Å². The minimum atomic E-state index is -3.62. The van der Waals surface area contributed by atoms with Crippen molar-refractivity contribution in [3.05, 3.63) is 24.5 Å². The molecule has 5 nitrogen and oxygen atoms in total. The summed E-state index contributed by atoms with van der Waals surface area (Å²) < 4.78 is 24.7. The van der Waals surface area contributed by atoms with Crippen LogP contribution in [0.5, 0.6) is 0 Å². The SMILES string of the molecule is CC(O)NS(=O)(=O)c1cccnc1. The maximum Gasteiger partial charge on any atom is 0.244 e. The van der Waals surface area contributed by atoms with E-state index in [9.17, 15) is 8.42 Å². The lowest BCUT2D eigenvalue weighted by Gasteiger charge is -2.07. The first-order valence-electron chi connectivity index (χ1n) is 3.63. The molecule has 0 spiro atoms. The molecule has 1 aromatic heterocycles. The van der Waals surface area contributed by atoms with Crippen LogP contribution in [0.4, 0.5) is 0 Å². The van der Waals surface area contributed by atoms with E-state index in [1.165, 1.54) is 31.5 Å². The van der Waals surface area contributed by atoms with Crippen LogP contribution < -0.4 is 4.72 Å². The zero-order valence-electron chi connectivity index (χ0n) is 7.01. The van der Waals surface area contributed by atoms with Gasteiger partial charge in [-0.15, -0.1) is 0 Å². The average Bonchev–Trinajstić information content (AvgIpc) is 2.04. The molecule has 1 atom stereocenters. The van der Waals surface area contributed by atoms with Gasteiger partial charge < -0.3 is 5.11 Å². The first kappa shape index (κ1) is 10.1. The molecule has 0 aliphatic rings. The van der Waals surface area contributed by atoms with E-state index in [2.05, 4.69) is 4.98 Å². The average molecular weight is 202 g/mol. The van der Waals surface area contributed by atoms with Crippen molar-refractivity contribution in [3.8, 4) is 0 Å². The van der Waals surface area contributed by atoms with Crippen LogP contribution in [0, 0.1) is 0 Å². The second-order valence-corrected chi connectivity index (χ2v) is 4.20. The molecule has 0 amide bonds. The molecule has 1 aromatic rings. The third-order valence-corrected chi connectivity index (χ3v) is 2.78. The molecular formula is C7H10N2O3S. The number of hydrogen-bond donors (Lipinski definition) is 2. The fraction of sp³-hybridized carbons (Fsp3) is 0.286. The number of aliphatic hydroxyl groups is 1. The van der Waals surface area contributed by atoms with Gasteiger partial charge in [0, 0.05) is 12.4 Å². The molecule has 0 aromatic carbocycles. The number of rotatable bonds is 3. The number of pyridine rings is 1. The number of hydrogen-bond acceptors (Lipinski definition) is 4. The van der Waals surface area contributed by atoms with E-state index in [4.69, 9.17) is 5.11 Å². The van der Waals surface area contributed by atoms with Crippen LogP contribution in [0.15, 0.2) is 29.4 Å². The monoisotopic (exact) mass is 202 g/mol. The zero-order chi connectivity index (χ0) is 9.90. The van der Waals surface area contributed by atoms with Gasteiger partial charge in [-0.2, -0.15) is 4.72 Å². The predicted molar refractivity (Wildman–Crippen MR) is 46.2 cm³/mol. The fourth-order valence-electron chi connectivity index (χ4n) is 0.799. The Bertz CT molecular complexity index is 361. The minimum absolute atomic E-state index is 0.0379. The van der Waals surface area contributed by atoms with Gasteiger partial charge in [-0.3, -0.25) is 4.98 Å². The Morgan fingerprint density at radius 3 is 2.77 bits per heavy atom. The van der Waals surface area contributed by atoms with Gasteiger partial charge in [0.1, 0.15) is 11.1 Å². The summed E-state index contributed by atoms with van der Waals surface area (Å²) >= 11 is 0. The molecule has 0 aliphatic carbocycles. The molecule has 1 rings (SSSR count). The molecule has 0 aliphatic heterocycles. The van der Waals surface area contributed by atoms with E-state index < -0.39 is 16.3 Å². The molecule has 0 radical (unpaired) electrons. The van der Waals surface area contributed by atoms with Gasteiger partial charge in [0.2, 0.25) is 10.0 Å². The van der Waals surface area contributed by atoms with Crippen molar-refractivity contribution >= 4 is 10.0 Å². The molecule has 13 heavy (non-hydrogen) atoms. The quantitative estimate of drug-likeness (QED) is 0.659. The summed E-state index contributed by atoms with van der Waals surface area (Å²) in [6, 6.07) is 2.91. The molecule has 6 heteroatoms. The van der Waals surface area contributed by atoms with Gasteiger partial charge in [0.05, 0.1) is 0 Å². The Labute approximate surface area is 76.5 Å². The number of nitrogens with one attached hydrogen (secondary N) is 1. The van der Waals surface area contributed by atoms with Crippen molar-refractivity contribution in [1.82, 2.24) is 9.71 Å². The summed E-state index contributed by atoms with van der Waals surface area (Å²) in [6.07, 6.45) is 1.58. The highest BCUT2D eigenvalue weighted by molar-refractivity contribution is 7.89. The summed E-state index contributed by atoms with van der Waals surface area (Å²) in [4.78, 5) is 3.70. The third kappa shape index (κ3) is 2.76. The predicted octanol–water partition coefficient (Wildman–Crippen LogP) is -0.302. The van der Waals surface area contributed by atoms with Gasteiger partial charge in [0.15, 0.2) is 0 Å². The van der Waals surface area contributed by atoms with Crippen LogP contribution in [0.1, 0.15) is 6.92 Å². The molecule has 0 bridgehead atoms. The Hall–Kier alpha value is -0.980. The molecule has 1 unspecified atom stereocenters. The van der Waals surface area contributed by atoms with E-state index in [-0.39, 0.29) is 4.90 Å². The zero-order valence-corrected chi connectivity index (χ0v) is 7.82. The van der Waals surface area contributed by atoms with Gasteiger partial charge >= 0.3 is 0 Å². The second-order valence-electron chi connectivity index (χ2n) is 2.49. The van der Waals surface area contributed by atoms with Crippen LogP contribution in [-0.2, 0) is 10.0 Å². The molecule has 72 valence electrons. The first-order valence-corrected chi connectivity index (χ1v) is 5.11. The smallest absolute Gasteiger partial charge is 0.244 e. The van der Waals surface area contributed by atoms with Crippen molar-refractivity contribution in [3.63, 3.8) is 0 Å². The lowest BCUT2D eigenvalue weighted by Crippen LogP contribution is -2.32. The Balaban J connectivity index is 2.96. The largest absolute Gasteiger partial charge is 0.378 e. The maximum absolute atomic E-state index is 11.3.